The van der Waals surface area contributed by atoms with Gasteiger partial charge >= 0.3 is 0 Å². The number of carbonyl (C=O) groups excluding carboxylic acids is 1. The van der Waals surface area contributed by atoms with Gasteiger partial charge in [-0.1, -0.05) is 44.2 Å². The lowest BCUT2D eigenvalue weighted by Gasteiger charge is -2.33. The van der Waals surface area contributed by atoms with Crippen LogP contribution < -0.4 is 19.9 Å². The van der Waals surface area contributed by atoms with Crippen LogP contribution in [0.15, 0.2) is 48.5 Å². The molecule has 1 saturated heterocycles. The van der Waals surface area contributed by atoms with Crippen LogP contribution in [0.1, 0.15) is 30.9 Å². The molecule has 1 heterocycles. The predicted molar refractivity (Wildman–Crippen MR) is 118 cm³/mol. The minimum atomic E-state index is 0.147. The number of piperazine rings is 1. The zero-order valence-corrected chi connectivity index (χ0v) is 17.9. The summed E-state index contributed by atoms with van der Waals surface area (Å²) in [5, 5.41) is 3.08. The molecule has 0 unspecified atom stereocenters. The fourth-order valence-corrected chi connectivity index (χ4v) is 3.77. The molecule has 5 nitrogen and oxygen atoms in total. The van der Waals surface area contributed by atoms with E-state index in [4.69, 9.17) is 4.74 Å². The molecule has 0 radical (unpaired) electrons. The van der Waals surface area contributed by atoms with Gasteiger partial charge in [-0.3, -0.25) is 4.79 Å². The molecule has 1 aliphatic rings. The smallest absolute Gasteiger partial charge is 0.275 e. The summed E-state index contributed by atoms with van der Waals surface area (Å²) in [6.45, 7) is 9.52. The second kappa shape index (κ2) is 10.3. The van der Waals surface area contributed by atoms with Crippen LogP contribution in [0.4, 0.5) is 5.69 Å². The number of hydrogen-bond acceptors (Lipinski definition) is 3. The summed E-state index contributed by atoms with van der Waals surface area (Å²) in [5.41, 5.74) is 3.82. The van der Waals surface area contributed by atoms with Gasteiger partial charge in [0.1, 0.15) is 5.75 Å². The molecule has 29 heavy (non-hydrogen) atoms. The topological polar surface area (TPSA) is 46.0 Å². The lowest BCUT2D eigenvalue weighted by atomic mass is 10.0. The minimum absolute atomic E-state index is 0.147. The summed E-state index contributed by atoms with van der Waals surface area (Å²) in [5.74, 6) is 1.58. The van der Waals surface area contributed by atoms with Gasteiger partial charge in [-0.15, -0.1) is 0 Å². The van der Waals surface area contributed by atoms with E-state index in [1.165, 1.54) is 21.7 Å². The summed E-state index contributed by atoms with van der Waals surface area (Å²) in [6, 6.07) is 16.9. The number of amides is 1. The van der Waals surface area contributed by atoms with Gasteiger partial charge in [-0.05, 0) is 35.6 Å². The molecule has 2 N–H and O–H groups in total. The molecule has 0 bridgehead atoms. The predicted octanol–water partition coefficient (Wildman–Crippen LogP) is 1.88. The van der Waals surface area contributed by atoms with Crippen LogP contribution in [0.3, 0.4) is 0 Å². The maximum Gasteiger partial charge on any atom is 0.275 e. The van der Waals surface area contributed by atoms with Crippen LogP contribution in [0.25, 0.3) is 0 Å². The number of hydrogen-bond donors (Lipinski definition) is 2. The van der Waals surface area contributed by atoms with Crippen molar-refractivity contribution in [2.24, 2.45) is 0 Å². The molecule has 1 amide bonds. The van der Waals surface area contributed by atoms with E-state index in [0.29, 0.717) is 19.0 Å². The van der Waals surface area contributed by atoms with E-state index in [-0.39, 0.29) is 5.91 Å². The molecular weight excluding hydrogens is 362 g/mol. The van der Waals surface area contributed by atoms with Crippen LogP contribution in [0, 0.1) is 0 Å². The van der Waals surface area contributed by atoms with Crippen molar-refractivity contribution in [1.29, 1.82) is 0 Å². The van der Waals surface area contributed by atoms with Gasteiger partial charge in [-0.2, -0.15) is 0 Å². The highest BCUT2D eigenvalue weighted by Gasteiger charge is 2.22. The fourth-order valence-electron chi connectivity index (χ4n) is 3.77. The Morgan fingerprint density at radius 1 is 1.14 bits per heavy atom. The van der Waals surface area contributed by atoms with Gasteiger partial charge in [0, 0.05) is 18.3 Å². The Hall–Kier alpha value is -2.53. The van der Waals surface area contributed by atoms with E-state index in [2.05, 4.69) is 60.5 Å². The summed E-state index contributed by atoms with van der Waals surface area (Å²) in [4.78, 5) is 16.0. The number of benzene rings is 2. The molecule has 1 fully saturated rings. The Balaban J connectivity index is 1.37. The molecule has 5 heteroatoms. The minimum Gasteiger partial charge on any atom is -0.497 e. The van der Waals surface area contributed by atoms with Crippen LogP contribution >= 0.6 is 0 Å². The first-order valence-electron chi connectivity index (χ1n) is 10.6. The van der Waals surface area contributed by atoms with Crippen LogP contribution in [0.5, 0.6) is 5.75 Å². The number of nitrogens with one attached hydrogen (secondary N) is 2. The monoisotopic (exact) mass is 396 g/mol. The summed E-state index contributed by atoms with van der Waals surface area (Å²) in [6.07, 6.45) is 0.878. The lowest BCUT2D eigenvalue weighted by molar-refractivity contribution is -0.892. The first-order chi connectivity index (χ1) is 14.0. The van der Waals surface area contributed by atoms with Crippen LogP contribution in [0.2, 0.25) is 0 Å². The molecule has 0 atom stereocenters. The van der Waals surface area contributed by atoms with Crippen molar-refractivity contribution in [1.82, 2.24) is 5.32 Å². The first-order valence-corrected chi connectivity index (χ1v) is 10.6. The summed E-state index contributed by atoms with van der Waals surface area (Å²) < 4.78 is 5.32. The van der Waals surface area contributed by atoms with E-state index < -0.39 is 0 Å². The van der Waals surface area contributed by atoms with Crippen molar-refractivity contribution < 1.29 is 14.4 Å². The Kier molecular flexibility index (Phi) is 7.53. The molecule has 2 aromatic carbocycles. The number of ether oxygens (including phenoxy) is 1. The maximum atomic E-state index is 12.3. The SMILES string of the molecule is COc1cccc(N2CC[NH+](CC(=O)NCCc3ccc(C(C)C)cc3)CC2)c1. The van der Waals surface area contributed by atoms with Crippen LogP contribution in [-0.4, -0.2) is 52.3 Å². The summed E-state index contributed by atoms with van der Waals surface area (Å²) in [7, 11) is 1.69. The summed E-state index contributed by atoms with van der Waals surface area (Å²) >= 11 is 0. The number of anilines is 1. The molecule has 156 valence electrons. The van der Waals surface area contributed by atoms with E-state index in [1.54, 1.807) is 7.11 Å². The van der Waals surface area contributed by atoms with Crippen molar-refractivity contribution in [3.63, 3.8) is 0 Å². The molecule has 2 aromatic rings. The Morgan fingerprint density at radius 3 is 2.52 bits per heavy atom. The van der Waals surface area contributed by atoms with E-state index in [0.717, 1.165) is 38.3 Å². The lowest BCUT2D eigenvalue weighted by Crippen LogP contribution is -3.16. The van der Waals surface area contributed by atoms with Gasteiger partial charge in [0.15, 0.2) is 6.54 Å². The van der Waals surface area contributed by atoms with E-state index in [1.807, 2.05) is 12.1 Å². The number of quaternary nitrogens is 1. The Bertz CT molecular complexity index is 781. The van der Waals surface area contributed by atoms with Crippen molar-refractivity contribution in [2.45, 2.75) is 26.2 Å². The third kappa shape index (κ3) is 6.23. The molecule has 1 aliphatic heterocycles. The van der Waals surface area contributed by atoms with Crippen molar-refractivity contribution in [3.8, 4) is 5.75 Å². The zero-order valence-electron chi connectivity index (χ0n) is 17.9. The highest BCUT2D eigenvalue weighted by atomic mass is 16.5. The van der Waals surface area contributed by atoms with Gasteiger partial charge in [0.05, 0.1) is 33.3 Å². The second-order valence-corrected chi connectivity index (χ2v) is 8.11. The number of nitrogens with zero attached hydrogens (tertiary/aromatic N) is 1. The fraction of sp³-hybridized carbons (Fsp3) is 0.458. The van der Waals surface area contributed by atoms with Crippen molar-refractivity contribution in [2.75, 3.05) is 51.3 Å². The average Bonchev–Trinajstić information content (AvgIpc) is 2.74. The second-order valence-electron chi connectivity index (χ2n) is 8.11. The molecule has 0 saturated carbocycles. The van der Waals surface area contributed by atoms with E-state index >= 15 is 0 Å². The highest BCUT2D eigenvalue weighted by Crippen LogP contribution is 2.20. The molecule has 0 aliphatic carbocycles. The highest BCUT2D eigenvalue weighted by molar-refractivity contribution is 5.76. The maximum absolute atomic E-state index is 12.3. The van der Waals surface area contributed by atoms with E-state index in [9.17, 15) is 4.79 Å². The Morgan fingerprint density at radius 2 is 1.86 bits per heavy atom. The molecule has 0 spiro atoms. The first kappa shape index (κ1) is 21.2. The third-order valence-electron chi connectivity index (χ3n) is 5.68. The number of carbonyl (C=O) groups is 1. The third-order valence-corrected chi connectivity index (χ3v) is 5.68. The largest absolute Gasteiger partial charge is 0.497 e. The normalized spacial score (nSPS) is 14.8. The van der Waals surface area contributed by atoms with Gasteiger partial charge < -0.3 is 19.9 Å². The van der Waals surface area contributed by atoms with Gasteiger partial charge in [-0.25, -0.2) is 0 Å². The zero-order chi connectivity index (χ0) is 20.6. The Labute approximate surface area is 174 Å². The molecule has 0 aromatic heterocycles. The quantitative estimate of drug-likeness (QED) is 0.716. The van der Waals surface area contributed by atoms with Crippen molar-refractivity contribution in [3.05, 3.63) is 59.7 Å². The average molecular weight is 397 g/mol. The van der Waals surface area contributed by atoms with Gasteiger partial charge in [0.2, 0.25) is 0 Å². The van der Waals surface area contributed by atoms with Gasteiger partial charge in [0.25, 0.3) is 5.91 Å². The number of rotatable bonds is 8. The standard InChI is InChI=1S/C24H33N3O2/c1-19(2)21-9-7-20(8-10-21)11-12-25-24(28)18-26-13-15-27(16-14-26)22-5-4-6-23(17-22)29-3/h4-10,17,19H,11-16,18H2,1-3H3,(H,25,28)/p+1. The number of methoxy groups -OCH3 is 1. The van der Waals surface area contributed by atoms with Crippen LogP contribution in [-0.2, 0) is 11.2 Å². The molecule has 3 rings (SSSR count). The molecular formula is C24H34N3O2+. The van der Waals surface area contributed by atoms with Crippen molar-refractivity contribution >= 4 is 11.6 Å².